The maximum Gasteiger partial charge on any atom is 0.121 e. The summed E-state index contributed by atoms with van der Waals surface area (Å²) in [5, 5.41) is 10.9. The minimum Gasteiger partial charge on any atom is -0.872 e. The number of rotatable bonds is 2. The maximum atomic E-state index is 10.9. The normalized spacial score (nSPS) is 9.27. The van der Waals surface area contributed by atoms with E-state index in [-0.39, 0.29) is 5.75 Å². The average Bonchev–Trinajstić information content (AvgIpc) is 2.03. The Morgan fingerprint density at radius 3 is 1.82 bits per heavy atom. The first kappa shape index (κ1) is 7.72. The second-order valence-corrected chi connectivity index (χ2v) is 2.05. The molecule has 0 spiro atoms. The molecule has 0 amide bonds. The minimum atomic E-state index is -0.110. The highest BCUT2D eigenvalue weighted by Crippen LogP contribution is 2.24. The summed E-state index contributed by atoms with van der Waals surface area (Å²) >= 11 is 0. The Morgan fingerprint density at radius 1 is 1.00 bits per heavy atom. The van der Waals surface area contributed by atoms with Crippen LogP contribution in [0.3, 0.4) is 0 Å². The van der Waals surface area contributed by atoms with Crippen molar-refractivity contribution in [3.63, 3.8) is 0 Å². The molecule has 60 valence electrons. The molecule has 1 aromatic rings. The Hall–Kier alpha value is -1.38. The molecule has 0 radical (unpaired) electrons. The van der Waals surface area contributed by atoms with Crippen molar-refractivity contribution >= 4 is 0 Å². The van der Waals surface area contributed by atoms with Crippen molar-refractivity contribution < 1.29 is 14.6 Å². The Bertz CT molecular complexity index is 223. The molecule has 0 unspecified atom stereocenters. The summed E-state index contributed by atoms with van der Waals surface area (Å²) in [6.07, 6.45) is 0. The van der Waals surface area contributed by atoms with E-state index in [0.29, 0.717) is 11.5 Å². The lowest BCUT2D eigenvalue weighted by Crippen LogP contribution is -1.93. The lowest BCUT2D eigenvalue weighted by atomic mass is 10.3. The van der Waals surface area contributed by atoms with E-state index >= 15 is 0 Å². The number of ether oxygens (including phenoxy) is 2. The molecule has 1 aromatic carbocycles. The van der Waals surface area contributed by atoms with Crippen molar-refractivity contribution in [3.05, 3.63) is 18.2 Å². The largest absolute Gasteiger partial charge is 0.872 e. The molecular weight excluding hydrogens is 144 g/mol. The topological polar surface area (TPSA) is 41.5 Å². The fourth-order valence-corrected chi connectivity index (χ4v) is 0.781. The third-order valence-electron chi connectivity index (χ3n) is 1.32. The van der Waals surface area contributed by atoms with E-state index < -0.39 is 0 Å². The van der Waals surface area contributed by atoms with Crippen LogP contribution in [0.2, 0.25) is 0 Å². The molecule has 0 N–H and O–H groups in total. The summed E-state index contributed by atoms with van der Waals surface area (Å²) < 4.78 is 9.72. The van der Waals surface area contributed by atoms with Crippen LogP contribution in [0.5, 0.6) is 17.2 Å². The molecule has 0 saturated heterocycles. The van der Waals surface area contributed by atoms with E-state index in [9.17, 15) is 5.11 Å². The zero-order valence-corrected chi connectivity index (χ0v) is 6.46. The molecule has 0 fully saturated rings. The fraction of sp³-hybridized carbons (Fsp3) is 0.250. The molecule has 3 heteroatoms. The van der Waals surface area contributed by atoms with Gasteiger partial charge >= 0.3 is 0 Å². The van der Waals surface area contributed by atoms with Crippen LogP contribution in [0.15, 0.2) is 18.2 Å². The highest BCUT2D eigenvalue weighted by molar-refractivity contribution is 5.40. The summed E-state index contributed by atoms with van der Waals surface area (Å²) in [7, 11) is 3.02. The van der Waals surface area contributed by atoms with Crippen molar-refractivity contribution in [3.8, 4) is 17.2 Å². The quantitative estimate of drug-likeness (QED) is 0.630. The summed E-state index contributed by atoms with van der Waals surface area (Å²) in [6.45, 7) is 0. The second-order valence-electron chi connectivity index (χ2n) is 2.05. The number of benzene rings is 1. The highest BCUT2D eigenvalue weighted by Gasteiger charge is 1.93. The lowest BCUT2D eigenvalue weighted by molar-refractivity contribution is -0.268. The third-order valence-corrected chi connectivity index (χ3v) is 1.32. The number of hydrogen-bond donors (Lipinski definition) is 0. The summed E-state index contributed by atoms with van der Waals surface area (Å²) in [5.74, 6) is 0.935. The number of hydrogen-bond acceptors (Lipinski definition) is 3. The lowest BCUT2D eigenvalue weighted by Gasteiger charge is -2.10. The van der Waals surface area contributed by atoms with Crippen LogP contribution < -0.4 is 14.6 Å². The van der Waals surface area contributed by atoms with Crippen LogP contribution >= 0.6 is 0 Å². The van der Waals surface area contributed by atoms with Crippen LogP contribution in [0.25, 0.3) is 0 Å². The smallest absolute Gasteiger partial charge is 0.121 e. The second kappa shape index (κ2) is 3.14. The van der Waals surface area contributed by atoms with Crippen LogP contribution in [0, 0.1) is 0 Å². The Kier molecular flexibility index (Phi) is 2.21. The van der Waals surface area contributed by atoms with Crippen molar-refractivity contribution in [1.29, 1.82) is 0 Å². The van der Waals surface area contributed by atoms with E-state index in [4.69, 9.17) is 9.47 Å². The van der Waals surface area contributed by atoms with Gasteiger partial charge in [0.1, 0.15) is 11.5 Å². The molecule has 3 nitrogen and oxygen atoms in total. The van der Waals surface area contributed by atoms with Crippen LogP contribution in [-0.4, -0.2) is 14.2 Å². The standard InChI is InChI=1S/C8H10O3/c1-10-7-3-6(9)4-8(5-7)11-2/h3-5,9H,1-2H3/p-1. The summed E-state index contributed by atoms with van der Waals surface area (Å²) in [4.78, 5) is 0. The first-order chi connectivity index (χ1) is 5.26. The highest BCUT2D eigenvalue weighted by atomic mass is 16.5. The van der Waals surface area contributed by atoms with Crippen LogP contribution in [0.4, 0.5) is 0 Å². The molecule has 0 aromatic heterocycles. The maximum absolute atomic E-state index is 10.9. The van der Waals surface area contributed by atoms with Gasteiger partial charge in [-0.05, 0) is 12.1 Å². The van der Waals surface area contributed by atoms with Crippen molar-refractivity contribution in [2.75, 3.05) is 14.2 Å². The molecule has 0 atom stereocenters. The Morgan fingerprint density at radius 2 is 1.45 bits per heavy atom. The zero-order valence-electron chi connectivity index (χ0n) is 6.46. The van der Waals surface area contributed by atoms with Gasteiger partial charge in [0.2, 0.25) is 0 Å². The molecule has 11 heavy (non-hydrogen) atoms. The van der Waals surface area contributed by atoms with Crippen molar-refractivity contribution in [1.82, 2.24) is 0 Å². The Labute approximate surface area is 65.2 Å². The predicted molar refractivity (Wildman–Crippen MR) is 39.0 cm³/mol. The van der Waals surface area contributed by atoms with Gasteiger partial charge in [0.15, 0.2) is 0 Å². The fourth-order valence-electron chi connectivity index (χ4n) is 0.781. The predicted octanol–water partition coefficient (Wildman–Crippen LogP) is 0.777. The molecule has 0 saturated carbocycles. The summed E-state index contributed by atoms with van der Waals surface area (Å²) in [5.41, 5.74) is 0. The van der Waals surface area contributed by atoms with Gasteiger partial charge in [-0.1, -0.05) is 0 Å². The monoisotopic (exact) mass is 153 g/mol. The average molecular weight is 153 g/mol. The van der Waals surface area contributed by atoms with Crippen molar-refractivity contribution in [2.24, 2.45) is 0 Å². The zero-order chi connectivity index (χ0) is 8.27. The van der Waals surface area contributed by atoms with Gasteiger partial charge in [0.05, 0.1) is 14.2 Å². The van der Waals surface area contributed by atoms with Gasteiger partial charge in [0.25, 0.3) is 0 Å². The number of methoxy groups -OCH3 is 2. The SMILES string of the molecule is COc1cc([O-])cc(OC)c1. The van der Waals surface area contributed by atoms with E-state index in [1.807, 2.05) is 0 Å². The van der Waals surface area contributed by atoms with E-state index in [1.54, 1.807) is 6.07 Å². The first-order valence-corrected chi connectivity index (χ1v) is 3.16. The molecule has 0 aliphatic heterocycles. The Balaban J connectivity index is 3.02. The molecule has 0 aliphatic carbocycles. The minimum absolute atomic E-state index is 0.110. The van der Waals surface area contributed by atoms with Gasteiger partial charge in [-0.25, -0.2) is 0 Å². The van der Waals surface area contributed by atoms with E-state index in [1.165, 1.54) is 26.4 Å². The van der Waals surface area contributed by atoms with Gasteiger partial charge in [-0.2, -0.15) is 0 Å². The van der Waals surface area contributed by atoms with Crippen LogP contribution in [-0.2, 0) is 0 Å². The van der Waals surface area contributed by atoms with Crippen LogP contribution in [0.1, 0.15) is 0 Å². The van der Waals surface area contributed by atoms with Crippen molar-refractivity contribution in [2.45, 2.75) is 0 Å². The first-order valence-electron chi connectivity index (χ1n) is 3.16. The van der Waals surface area contributed by atoms with Gasteiger partial charge in [-0.15, -0.1) is 5.75 Å². The van der Waals surface area contributed by atoms with E-state index in [0.717, 1.165) is 0 Å². The molecule has 0 heterocycles. The molecular formula is C8H9O3-. The molecule has 0 aliphatic rings. The molecule has 0 bridgehead atoms. The van der Waals surface area contributed by atoms with Gasteiger partial charge in [0, 0.05) is 6.07 Å². The van der Waals surface area contributed by atoms with Gasteiger partial charge < -0.3 is 14.6 Å². The summed E-state index contributed by atoms with van der Waals surface area (Å²) in [6, 6.07) is 4.46. The van der Waals surface area contributed by atoms with E-state index in [2.05, 4.69) is 0 Å². The van der Waals surface area contributed by atoms with Gasteiger partial charge in [-0.3, -0.25) is 0 Å². The molecule has 1 rings (SSSR count). The third kappa shape index (κ3) is 1.77.